The molecule has 0 saturated heterocycles. The van der Waals surface area contributed by atoms with Gasteiger partial charge in [0.05, 0.1) is 5.92 Å². The van der Waals surface area contributed by atoms with Crippen molar-refractivity contribution in [2.24, 2.45) is 11.8 Å². The van der Waals surface area contributed by atoms with E-state index in [0.29, 0.717) is 18.1 Å². The summed E-state index contributed by atoms with van der Waals surface area (Å²) in [7, 11) is 0. The Morgan fingerprint density at radius 3 is 2.50 bits per heavy atom. The van der Waals surface area contributed by atoms with E-state index in [1.54, 1.807) is 6.92 Å². The van der Waals surface area contributed by atoms with Crippen LogP contribution in [0.3, 0.4) is 0 Å². The molecule has 1 aromatic heterocycles. The number of amides is 1. The predicted molar refractivity (Wildman–Crippen MR) is 89.6 cm³/mol. The molecule has 1 aromatic carbocycles. The van der Waals surface area contributed by atoms with Crippen molar-refractivity contribution in [1.82, 2.24) is 10.3 Å². The first-order valence-corrected chi connectivity index (χ1v) is 7.92. The van der Waals surface area contributed by atoms with Gasteiger partial charge in [-0.05, 0) is 12.3 Å². The molecule has 1 heterocycles. The second-order valence-electron chi connectivity index (χ2n) is 6.15. The van der Waals surface area contributed by atoms with E-state index in [1.165, 1.54) is 0 Å². The van der Waals surface area contributed by atoms with Crippen LogP contribution in [-0.2, 0) is 4.79 Å². The van der Waals surface area contributed by atoms with Gasteiger partial charge >= 0.3 is 5.97 Å². The number of rotatable bonds is 7. The minimum Gasteiger partial charge on any atom is -0.481 e. The highest BCUT2D eigenvalue weighted by Crippen LogP contribution is 2.24. The van der Waals surface area contributed by atoms with Gasteiger partial charge in [0.1, 0.15) is 0 Å². The lowest BCUT2D eigenvalue weighted by atomic mass is 9.97. The zero-order chi connectivity index (χ0) is 17.7. The molecule has 0 aliphatic rings. The van der Waals surface area contributed by atoms with Crippen LogP contribution in [0.5, 0.6) is 0 Å². The maximum atomic E-state index is 12.4. The first-order chi connectivity index (χ1) is 11.4. The molecule has 1 amide bonds. The second kappa shape index (κ2) is 7.77. The molecular weight excluding hydrogens is 308 g/mol. The summed E-state index contributed by atoms with van der Waals surface area (Å²) in [6.07, 6.45) is 0.499. The van der Waals surface area contributed by atoms with E-state index in [4.69, 9.17) is 4.42 Å². The minimum absolute atomic E-state index is 0.0620. The van der Waals surface area contributed by atoms with Crippen molar-refractivity contribution in [3.63, 3.8) is 0 Å². The molecule has 0 bridgehead atoms. The Labute approximate surface area is 140 Å². The van der Waals surface area contributed by atoms with Crippen molar-refractivity contribution in [3.8, 4) is 11.3 Å². The zero-order valence-electron chi connectivity index (χ0n) is 14.1. The van der Waals surface area contributed by atoms with Gasteiger partial charge in [0, 0.05) is 19.0 Å². The van der Waals surface area contributed by atoms with Crippen molar-refractivity contribution in [3.05, 3.63) is 41.9 Å². The summed E-state index contributed by atoms with van der Waals surface area (Å²) in [5.74, 6) is -0.957. The number of aliphatic carboxylic acids is 1. The average Bonchev–Trinajstić information content (AvgIpc) is 2.93. The van der Waals surface area contributed by atoms with Crippen molar-refractivity contribution in [2.75, 3.05) is 6.54 Å². The van der Waals surface area contributed by atoms with Crippen molar-refractivity contribution in [1.29, 1.82) is 0 Å². The normalized spacial score (nSPS) is 12.2. The van der Waals surface area contributed by atoms with Crippen LogP contribution in [0.1, 0.15) is 36.6 Å². The third-order valence-electron chi connectivity index (χ3n) is 3.60. The van der Waals surface area contributed by atoms with Crippen molar-refractivity contribution < 1.29 is 19.1 Å². The molecule has 1 atom stereocenters. The fourth-order valence-electron chi connectivity index (χ4n) is 2.51. The topological polar surface area (TPSA) is 92.4 Å². The summed E-state index contributed by atoms with van der Waals surface area (Å²) in [6.45, 7) is 5.63. The number of aromatic nitrogens is 1. The highest BCUT2D eigenvalue weighted by atomic mass is 16.4. The summed E-state index contributed by atoms with van der Waals surface area (Å²) in [4.78, 5) is 27.9. The minimum atomic E-state index is -0.913. The number of hydrogen-bond acceptors (Lipinski definition) is 4. The van der Waals surface area contributed by atoms with E-state index < -0.39 is 17.8 Å². The van der Waals surface area contributed by atoms with E-state index in [0.717, 1.165) is 5.56 Å². The number of benzene rings is 1. The molecule has 6 nitrogen and oxygen atoms in total. The van der Waals surface area contributed by atoms with Gasteiger partial charge in [-0.3, -0.25) is 9.59 Å². The number of carboxylic acid groups (broad SMARTS) is 1. The Morgan fingerprint density at radius 1 is 1.25 bits per heavy atom. The van der Waals surface area contributed by atoms with E-state index in [-0.39, 0.29) is 18.2 Å². The van der Waals surface area contributed by atoms with Crippen LogP contribution >= 0.6 is 0 Å². The van der Waals surface area contributed by atoms with Gasteiger partial charge in [-0.1, -0.05) is 44.2 Å². The van der Waals surface area contributed by atoms with Crippen LogP contribution in [0, 0.1) is 18.8 Å². The molecule has 0 fully saturated rings. The SMILES string of the molecule is Cc1nc(C(=O)NCC(CC(C)C)C(=O)O)c(-c2ccccc2)o1. The number of nitrogens with zero attached hydrogens (tertiary/aromatic N) is 1. The molecule has 0 saturated carbocycles. The summed E-state index contributed by atoms with van der Waals surface area (Å²) < 4.78 is 5.55. The molecule has 0 radical (unpaired) electrons. The van der Waals surface area contributed by atoms with Gasteiger partial charge in [0.2, 0.25) is 0 Å². The molecule has 2 N–H and O–H groups in total. The molecule has 0 aliphatic heterocycles. The van der Waals surface area contributed by atoms with E-state index in [2.05, 4.69) is 10.3 Å². The lowest BCUT2D eigenvalue weighted by Crippen LogP contribution is -2.34. The van der Waals surface area contributed by atoms with Gasteiger partial charge in [0.25, 0.3) is 5.91 Å². The largest absolute Gasteiger partial charge is 0.481 e. The van der Waals surface area contributed by atoms with Gasteiger partial charge < -0.3 is 14.8 Å². The molecule has 2 rings (SSSR count). The standard InChI is InChI=1S/C18H22N2O4/c1-11(2)9-14(18(22)23)10-19-17(21)15-16(24-12(3)20-15)13-7-5-4-6-8-13/h4-8,11,14H,9-10H2,1-3H3,(H,19,21)(H,22,23). The first kappa shape index (κ1) is 17.7. The number of oxazole rings is 1. The summed E-state index contributed by atoms with van der Waals surface area (Å²) >= 11 is 0. The van der Waals surface area contributed by atoms with Crippen LogP contribution in [0.25, 0.3) is 11.3 Å². The Kier molecular flexibility index (Phi) is 5.73. The van der Waals surface area contributed by atoms with E-state index in [1.807, 2.05) is 44.2 Å². The lowest BCUT2D eigenvalue weighted by molar-refractivity contribution is -0.142. The number of aryl methyl sites for hydroxylation is 1. The molecule has 1 unspecified atom stereocenters. The molecular formula is C18H22N2O4. The van der Waals surface area contributed by atoms with E-state index >= 15 is 0 Å². The molecule has 0 aliphatic carbocycles. The number of nitrogens with one attached hydrogen (secondary N) is 1. The fourth-order valence-corrected chi connectivity index (χ4v) is 2.51. The maximum Gasteiger partial charge on any atom is 0.308 e. The molecule has 0 spiro atoms. The maximum absolute atomic E-state index is 12.4. The van der Waals surface area contributed by atoms with Gasteiger partial charge in [-0.2, -0.15) is 0 Å². The third-order valence-corrected chi connectivity index (χ3v) is 3.60. The van der Waals surface area contributed by atoms with E-state index in [9.17, 15) is 14.7 Å². The van der Waals surface area contributed by atoms with Gasteiger partial charge in [0.15, 0.2) is 17.3 Å². The second-order valence-corrected chi connectivity index (χ2v) is 6.15. The lowest BCUT2D eigenvalue weighted by Gasteiger charge is -2.15. The highest BCUT2D eigenvalue weighted by molar-refractivity contribution is 5.97. The van der Waals surface area contributed by atoms with Gasteiger partial charge in [-0.15, -0.1) is 0 Å². The number of carbonyl (C=O) groups excluding carboxylic acids is 1. The predicted octanol–water partition coefficient (Wildman–Crippen LogP) is 3.13. The summed E-state index contributed by atoms with van der Waals surface area (Å²) in [5.41, 5.74) is 0.924. The Hall–Kier alpha value is -2.63. The summed E-state index contributed by atoms with van der Waals surface area (Å²) in [6, 6.07) is 9.22. The average molecular weight is 330 g/mol. The van der Waals surface area contributed by atoms with Crippen LogP contribution < -0.4 is 5.32 Å². The quantitative estimate of drug-likeness (QED) is 0.813. The monoisotopic (exact) mass is 330 g/mol. The Bertz CT molecular complexity index is 707. The number of carboxylic acids is 1. The molecule has 128 valence electrons. The summed E-state index contributed by atoms with van der Waals surface area (Å²) in [5, 5.41) is 11.9. The molecule has 6 heteroatoms. The first-order valence-electron chi connectivity index (χ1n) is 7.92. The van der Waals surface area contributed by atoms with Crippen LogP contribution in [-0.4, -0.2) is 28.5 Å². The fraction of sp³-hybridized carbons (Fsp3) is 0.389. The zero-order valence-corrected chi connectivity index (χ0v) is 14.1. The van der Waals surface area contributed by atoms with Crippen LogP contribution in [0.15, 0.2) is 34.7 Å². The van der Waals surface area contributed by atoms with Gasteiger partial charge in [-0.25, -0.2) is 4.98 Å². The smallest absolute Gasteiger partial charge is 0.308 e. The molecule has 2 aromatic rings. The highest BCUT2D eigenvalue weighted by Gasteiger charge is 2.23. The third kappa shape index (κ3) is 4.44. The Balaban J connectivity index is 2.14. The van der Waals surface area contributed by atoms with Crippen LogP contribution in [0.4, 0.5) is 0 Å². The Morgan fingerprint density at radius 2 is 1.92 bits per heavy atom. The van der Waals surface area contributed by atoms with Crippen molar-refractivity contribution in [2.45, 2.75) is 27.2 Å². The number of hydrogen-bond donors (Lipinski definition) is 2. The number of carbonyl (C=O) groups is 2. The van der Waals surface area contributed by atoms with Crippen LogP contribution in [0.2, 0.25) is 0 Å². The van der Waals surface area contributed by atoms with Crippen molar-refractivity contribution >= 4 is 11.9 Å². The molecule has 24 heavy (non-hydrogen) atoms.